The molecule has 1 atom stereocenters. The van der Waals surface area contributed by atoms with E-state index in [1.807, 2.05) is 0 Å². The monoisotopic (exact) mass is 451 g/mol. The second-order valence-corrected chi connectivity index (χ2v) is 7.90. The van der Waals surface area contributed by atoms with Crippen LogP contribution in [0.1, 0.15) is 24.5 Å². The first-order chi connectivity index (χ1) is 14.2. The largest absolute Gasteiger partial charge is 0.340 e. The van der Waals surface area contributed by atoms with Crippen molar-refractivity contribution in [3.63, 3.8) is 0 Å². The summed E-state index contributed by atoms with van der Waals surface area (Å²) in [4.78, 5) is 40.6. The van der Waals surface area contributed by atoms with Crippen LogP contribution in [-0.2, 0) is 21.7 Å². The Morgan fingerprint density at radius 3 is 2.40 bits per heavy atom. The van der Waals surface area contributed by atoms with Crippen molar-refractivity contribution >= 4 is 41.0 Å². The first-order valence-electron chi connectivity index (χ1n) is 9.26. The van der Waals surface area contributed by atoms with E-state index in [2.05, 4.69) is 5.32 Å². The number of imide groups is 1. The number of hydrogen-bond donors (Lipinski definition) is 1. The van der Waals surface area contributed by atoms with Gasteiger partial charge in [0.15, 0.2) is 0 Å². The summed E-state index contributed by atoms with van der Waals surface area (Å²) in [5.41, 5.74) is -0.108. The van der Waals surface area contributed by atoms with Crippen LogP contribution in [0, 0.1) is 5.82 Å². The third-order valence-electron chi connectivity index (χ3n) is 5.17. The van der Waals surface area contributed by atoms with Gasteiger partial charge >= 0.3 is 6.03 Å². The number of nitrogens with one attached hydrogen (secondary N) is 1. The number of rotatable bonds is 6. The van der Waals surface area contributed by atoms with Gasteiger partial charge < -0.3 is 10.2 Å². The van der Waals surface area contributed by atoms with Gasteiger partial charge in [-0.15, -0.1) is 0 Å². The summed E-state index contributed by atoms with van der Waals surface area (Å²) < 4.78 is 13.3. The number of halogens is 3. The Morgan fingerprint density at radius 2 is 1.80 bits per heavy atom. The summed E-state index contributed by atoms with van der Waals surface area (Å²) in [7, 11) is 1.57. The standard InChI is InChI=1S/C21H20Cl2FN3O3/c1-3-21(14-5-7-15(24)8-6-14)19(29)27(20(30)25-21)12-18(28)26(2)11-13-4-9-16(22)17(23)10-13/h4-10H,3,11-12H2,1-2H3,(H,25,30). The van der Waals surface area contributed by atoms with Crippen molar-refractivity contribution in [1.82, 2.24) is 15.1 Å². The number of carbonyl (C=O) groups is 3. The van der Waals surface area contributed by atoms with E-state index in [0.29, 0.717) is 15.6 Å². The minimum Gasteiger partial charge on any atom is -0.340 e. The predicted octanol–water partition coefficient (Wildman–Crippen LogP) is 3.95. The summed E-state index contributed by atoms with van der Waals surface area (Å²) >= 11 is 11.9. The zero-order chi connectivity index (χ0) is 22.1. The van der Waals surface area contributed by atoms with Crippen molar-refractivity contribution in [3.8, 4) is 0 Å². The third kappa shape index (κ3) is 4.13. The summed E-state index contributed by atoms with van der Waals surface area (Å²) in [5, 5.41) is 3.45. The molecule has 1 fully saturated rings. The number of benzene rings is 2. The zero-order valence-electron chi connectivity index (χ0n) is 16.4. The Labute approximate surface area is 183 Å². The molecule has 1 heterocycles. The van der Waals surface area contributed by atoms with Crippen LogP contribution >= 0.6 is 23.2 Å². The second kappa shape index (κ2) is 8.62. The molecule has 158 valence electrons. The van der Waals surface area contributed by atoms with E-state index in [0.717, 1.165) is 10.5 Å². The molecular formula is C21H20Cl2FN3O3. The molecular weight excluding hydrogens is 432 g/mol. The molecule has 2 aromatic carbocycles. The van der Waals surface area contributed by atoms with E-state index in [1.54, 1.807) is 32.2 Å². The first-order valence-corrected chi connectivity index (χ1v) is 10.0. The lowest BCUT2D eigenvalue weighted by atomic mass is 9.87. The Kier molecular flexibility index (Phi) is 6.33. The normalized spacial score (nSPS) is 18.5. The first kappa shape index (κ1) is 22.1. The van der Waals surface area contributed by atoms with Crippen LogP contribution in [0.25, 0.3) is 0 Å². The van der Waals surface area contributed by atoms with Crippen molar-refractivity contribution in [2.75, 3.05) is 13.6 Å². The van der Waals surface area contributed by atoms with Gasteiger partial charge in [0.1, 0.15) is 17.9 Å². The van der Waals surface area contributed by atoms with Crippen LogP contribution in [0.15, 0.2) is 42.5 Å². The highest BCUT2D eigenvalue weighted by molar-refractivity contribution is 6.42. The molecule has 9 heteroatoms. The van der Waals surface area contributed by atoms with Crippen molar-refractivity contribution in [3.05, 3.63) is 69.5 Å². The summed E-state index contributed by atoms with van der Waals surface area (Å²) in [6, 6.07) is 9.73. The van der Waals surface area contributed by atoms with Crippen LogP contribution in [0.4, 0.5) is 9.18 Å². The number of amides is 4. The van der Waals surface area contributed by atoms with Crippen LogP contribution in [0.3, 0.4) is 0 Å². The van der Waals surface area contributed by atoms with Gasteiger partial charge in [0.05, 0.1) is 10.0 Å². The predicted molar refractivity (Wildman–Crippen MR) is 112 cm³/mol. The maximum absolute atomic E-state index is 13.3. The molecule has 1 unspecified atom stereocenters. The number of nitrogens with zero attached hydrogens (tertiary/aromatic N) is 2. The van der Waals surface area contributed by atoms with Gasteiger partial charge in [-0.25, -0.2) is 9.18 Å². The highest BCUT2D eigenvalue weighted by Crippen LogP contribution is 2.32. The van der Waals surface area contributed by atoms with Crippen molar-refractivity contribution in [1.29, 1.82) is 0 Å². The fraction of sp³-hybridized carbons (Fsp3) is 0.286. The molecule has 4 amide bonds. The van der Waals surface area contributed by atoms with E-state index in [1.165, 1.54) is 29.2 Å². The van der Waals surface area contributed by atoms with Gasteiger partial charge in [-0.2, -0.15) is 0 Å². The number of urea groups is 1. The molecule has 30 heavy (non-hydrogen) atoms. The van der Waals surface area contributed by atoms with E-state index < -0.39 is 35.7 Å². The fourth-order valence-electron chi connectivity index (χ4n) is 3.40. The highest BCUT2D eigenvalue weighted by Gasteiger charge is 2.51. The van der Waals surface area contributed by atoms with Crippen molar-refractivity contribution in [2.45, 2.75) is 25.4 Å². The molecule has 1 aliphatic heterocycles. The summed E-state index contributed by atoms with van der Waals surface area (Å²) in [6.45, 7) is 1.56. The van der Waals surface area contributed by atoms with Gasteiger partial charge in [-0.05, 0) is 41.8 Å². The van der Waals surface area contributed by atoms with E-state index >= 15 is 0 Å². The SMILES string of the molecule is CCC1(c2ccc(F)cc2)NC(=O)N(CC(=O)N(C)Cc2ccc(Cl)c(Cl)c2)C1=O. The van der Waals surface area contributed by atoms with E-state index in [4.69, 9.17) is 23.2 Å². The Bertz CT molecular complexity index is 999. The lowest BCUT2D eigenvalue weighted by molar-refractivity contribution is -0.138. The Hall–Kier alpha value is -2.64. The van der Waals surface area contributed by atoms with Crippen LogP contribution in [-0.4, -0.2) is 41.2 Å². The molecule has 1 saturated heterocycles. The lowest BCUT2D eigenvalue weighted by Crippen LogP contribution is -2.45. The van der Waals surface area contributed by atoms with Gasteiger partial charge in [-0.3, -0.25) is 14.5 Å². The maximum Gasteiger partial charge on any atom is 0.325 e. The minimum atomic E-state index is -1.33. The fourth-order valence-corrected chi connectivity index (χ4v) is 3.72. The molecule has 0 aliphatic carbocycles. The quantitative estimate of drug-likeness (QED) is 0.675. The topological polar surface area (TPSA) is 69.7 Å². The minimum absolute atomic E-state index is 0.232. The molecule has 1 aliphatic rings. The molecule has 6 nitrogen and oxygen atoms in total. The van der Waals surface area contributed by atoms with Crippen LogP contribution in [0.2, 0.25) is 10.0 Å². The number of carbonyl (C=O) groups excluding carboxylic acids is 3. The molecule has 0 bridgehead atoms. The molecule has 0 radical (unpaired) electrons. The third-order valence-corrected chi connectivity index (χ3v) is 5.90. The zero-order valence-corrected chi connectivity index (χ0v) is 17.9. The van der Waals surface area contributed by atoms with Crippen molar-refractivity contribution in [2.24, 2.45) is 0 Å². The summed E-state index contributed by atoms with van der Waals surface area (Å²) in [5.74, 6) is -1.41. The number of hydrogen-bond acceptors (Lipinski definition) is 3. The van der Waals surface area contributed by atoms with Gasteiger partial charge in [0.25, 0.3) is 5.91 Å². The van der Waals surface area contributed by atoms with E-state index in [-0.39, 0.29) is 13.0 Å². The lowest BCUT2D eigenvalue weighted by Gasteiger charge is -2.26. The molecule has 0 saturated carbocycles. The van der Waals surface area contributed by atoms with Gasteiger partial charge in [0.2, 0.25) is 5.91 Å². The highest BCUT2D eigenvalue weighted by atomic mass is 35.5. The second-order valence-electron chi connectivity index (χ2n) is 7.09. The molecule has 3 rings (SSSR count). The maximum atomic E-state index is 13.3. The van der Waals surface area contributed by atoms with Crippen molar-refractivity contribution < 1.29 is 18.8 Å². The average Bonchev–Trinajstić information content (AvgIpc) is 2.96. The van der Waals surface area contributed by atoms with Gasteiger partial charge in [0, 0.05) is 13.6 Å². The van der Waals surface area contributed by atoms with E-state index in [9.17, 15) is 18.8 Å². The summed E-state index contributed by atoms with van der Waals surface area (Å²) in [6.07, 6.45) is 0.257. The van der Waals surface area contributed by atoms with Crippen LogP contribution in [0.5, 0.6) is 0 Å². The van der Waals surface area contributed by atoms with Crippen LogP contribution < -0.4 is 5.32 Å². The smallest absolute Gasteiger partial charge is 0.325 e. The molecule has 1 N–H and O–H groups in total. The Morgan fingerprint density at radius 1 is 1.13 bits per heavy atom. The average molecular weight is 452 g/mol. The number of likely N-dealkylation sites (N-methyl/N-ethyl adjacent to an activating group) is 1. The van der Waals surface area contributed by atoms with Gasteiger partial charge in [-0.1, -0.05) is 48.3 Å². The molecule has 0 spiro atoms. The molecule has 0 aromatic heterocycles. The molecule has 2 aromatic rings. The Balaban J connectivity index is 1.74.